The Morgan fingerprint density at radius 3 is 2.43 bits per heavy atom. The van der Waals surface area contributed by atoms with Gasteiger partial charge in [-0.3, -0.25) is 14.6 Å². The van der Waals surface area contributed by atoms with E-state index in [1.807, 2.05) is 6.92 Å². The summed E-state index contributed by atoms with van der Waals surface area (Å²) in [6.45, 7) is 12.4. The van der Waals surface area contributed by atoms with Crippen LogP contribution in [0.1, 0.15) is 45.8 Å². The summed E-state index contributed by atoms with van der Waals surface area (Å²) in [5, 5.41) is 4.08. The molecule has 0 saturated carbocycles. The van der Waals surface area contributed by atoms with Gasteiger partial charge in [0.05, 0.1) is 6.54 Å². The number of rotatable bonds is 3. The predicted octanol–water partition coefficient (Wildman–Crippen LogP) is 1.19. The van der Waals surface area contributed by atoms with Crippen LogP contribution in [0.15, 0.2) is 4.52 Å². The number of piperazine rings is 1. The topological polar surface area (TPSA) is 71.7 Å². The van der Waals surface area contributed by atoms with Crippen molar-refractivity contribution in [2.24, 2.45) is 0 Å². The molecule has 0 N–H and O–H groups in total. The highest BCUT2D eigenvalue weighted by atomic mass is 16.6. The lowest BCUT2D eigenvalue weighted by Crippen LogP contribution is -2.51. The minimum absolute atomic E-state index is 0.0423. The number of ether oxygens (including phenoxy) is 1. The van der Waals surface area contributed by atoms with E-state index in [1.165, 1.54) is 0 Å². The van der Waals surface area contributed by atoms with E-state index in [0.717, 1.165) is 38.4 Å². The maximum Gasteiger partial charge on any atom is 0.323 e. The molecule has 7 heteroatoms. The van der Waals surface area contributed by atoms with Crippen LogP contribution in [0.3, 0.4) is 0 Å². The van der Waals surface area contributed by atoms with E-state index in [9.17, 15) is 4.79 Å². The molecule has 2 fully saturated rings. The van der Waals surface area contributed by atoms with E-state index in [0.29, 0.717) is 12.4 Å². The molecule has 2 atom stereocenters. The summed E-state index contributed by atoms with van der Waals surface area (Å²) in [6.07, 6.45) is 0.846. The maximum absolute atomic E-state index is 11.8. The third kappa shape index (κ3) is 3.72. The molecule has 1 aromatic rings. The van der Waals surface area contributed by atoms with Gasteiger partial charge in [0, 0.05) is 38.0 Å². The van der Waals surface area contributed by atoms with Crippen LogP contribution in [0, 0.1) is 0 Å². The van der Waals surface area contributed by atoms with Crippen LogP contribution in [-0.4, -0.2) is 64.2 Å². The first-order valence-corrected chi connectivity index (χ1v) is 8.33. The normalized spacial score (nSPS) is 27.4. The standard InChI is InChI=1S/C16H26N4O3/c1-11-9-12(14(21)22-11)20-7-5-19(6-8-20)10-13-17-15(23-18-13)16(2,3)4/h11-12H,5-10H2,1-4H3. The maximum atomic E-state index is 11.8. The second kappa shape index (κ2) is 6.20. The van der Waals surface area contributed by atoms with Gasteiger partial charge >= 0.3 is 5.97 Å². The quantitative estimate of drug-likeness (QED) is 0.774. The van der Waals surface area contributed by atoms with Crippen LogP contribution in [0.25, 0.3) is 0 Å². The van der Waals surface area contributed by atoms with Crippen LogP contribution in [0.4, 0.5) is 0 Å². The summed E-state index contributed by atoms with van der Waals surface area (Å²) in [4.78, 5) is 20.9. The molecule has 0 aromatic carbocycles. The summed E-state index contributed by atoms with van der Waals surface area (Å²) in [5.74, 6) is 1.34. The van der Waals surface area contributed by atoms with Gasteiger partial charge in [0.2, 0.25) is 5.89 Å². The Morgan fingerprint density at radius 2 is 1.91 bits per heavy atom. The molecule has 0 aliphatic carbocycles. The number of nitrogens with zero attached hydrogens (tertiary/aromatic N) is 4. The zero-order valence-electron chi connectivity index (χ0n) is 14.4. The van der Waals surface area contributed by atoms with Crippen LogP contribution in [0.2, 0.25) is 0 Å². The van der Waals surface area contributed by atoms with Gasteiger partial charge in [0.1, 0.15) is 12.1 Å². The predicted molar refractivity (Wildman–Crippen MR) is 83.8 cm³/mol. The lowest BCUT2D eigenvalue weighted by molar-refractivity contribution is -0.145. The fourth-order valence-corrected chi connectivity index (χ4v) is 3.09. The van der Waals surface area contributed by atoms with Gasteiger partial charge in [0.25, 0.3) is 0 Å². The highest BCUT2D eigenvalue weighted by Gasteiger charge is 2.37. The number of esters is 1. The monoisotopic (exact) mass is 322 g/mol. The van der Waals surface area contributed by atoms with Crippen molar-refractivity contribution in [1.82, 2.24) is 19.9 Å². The Balaban J connectivity index is 1.51. The van der Waals surface area contributed by atoms with Crippen molar-refractivity contribution >= 4 is 5.97 Å². The summed E-state index contributed by atoms with van der Waals surface area (Å²) >= 11 is 0. The lowest BCUT2D eigenvalue weighted by atomic mass is 9.97. The minimum Gasteiger partial charge on any atom is -0.461 e. The van der Waals surface area contributed by atoms with Crippen LogP contribution in [0.5, 0.6) is 0 Å². The Kier molecular flexibility index (Phi) is 4.42. The van der Waals surface area contributed by atoms with Crippen molar-refractivity contribution < 1.29 is 14.1 Å². The number of carbonyl (C=O) groups is 1. The Labute approximate surface area is 137 Å². The molecular weight excluding hydrogens is 296 g/mol. The highest BCUT2D eigenvalue weighted by Crippen LogP contribution is 2.22. The summed E-state index contributed by atoms with van der Waals surface area (Å²) in [6, 6.07) is -0.0650. The third-order valence-electron chi connectivity index (χ3n) is 4.47. The van der Waals surface area contributed by atoms with Crippen molar-refractivity contribution in [3.05, 3.63) is 11.7 Å². The lowest BCUT2D eigenvalue weighted by Gasteiger charge is -2.36. The molecule has 3 heterocycles. The number of aromatic nitrogens is 2. The first-order valence-electron chi connectivity index (χ1n) is 8.33. The van der Waals surface area contributed by atoms with E-state index in [2.05, 4.69) is 40.7 Å². The van der Waals surface area contributed by atoms with Gasteiger partial charge in [-0.15, -0.1) is 0 Å². The minimum atomic E-state index is -0.122. The Bertz CT molecular complexity index is 558. The fraction of sp³-hybridized carbons (Fsp3) is 0.812. The van der Waals surface area contributed by atoms with Gasteiger partial charge in [-0.2, -0.15) is 4.98 Å². The molecule has 0 amide bonds. The highest BCUT2D eigenvalue weighted by molar-refractivity contribution is 5.78. The molecule has 3 rings (SSSR count). The van der Waals surface area contributed by atoms with Crippen LogP contribution >= 0.6 is 0 Å². The van der Waals surface area contributed by atoms with Gasteiger partial charge < -0.3 is 9.26 Å². The fourth-order valence-electron chi connectivity index (χ4n) is 3.09. The van der Waals surface area contributed by atoms with Gasteiger partial charge in [-0.1, -0.05) is 25.9 Å². The number of hydrogen-bond acceptors (Lipinski definition) is 7. The smallest absolute Gasteiger partial charge is 0.323 e. The van der Waals surface area contributed by atoms with Crippen LogP contribution < -0.4 is 0 Å². The molecule has 0 bridgehead atoms. The zero-order chi connectivity index (χ0) is 16.6. The number of hydrogen-bond donors (Lipinski definition) is 0. The van der Waals surface area contributed by atoms with Gasteiger partial charge in [0.15, 0.2) is 5.82 Å². The van der Waals surface area contributed by atoms with Crippen LogP contribution in [-0.2, 0) is 21.5 Å². The molecule has 128 valence electrons. The molecule has 2 unspecified atom stereocenters. The molecule has 0 radical (unpaired) electrons. The SMILES string of the molecule is CC1CC(N2CCN(Cc3noc(C(C)(C)C)n3)CC2)C(=O)O1. The molecule has 0 spiro atoms. The number of carbonyl (C=O) groups excluding carboxylic acids is 1. The van der Waals surface area contributed by atoms with E-state index >= 15 is 0 Å². The molecule has 2 aliphatic heterocycles. The molecule has 1 aromatic heterocycles. The zero-order valence-corrected chi connectivity index (χ0v) is 14.4. The van der Waals surface area contributed by atoms with Crippen molar-refractivity contribution in [2.45, 2.75) is 58.2 Å². The van der Waals surface area contributed by atoms with E-state index < -0.39 is 0 Å². The summed E-state index contributed by atoms with van der Waals surface area (Å²) in [5.41, 5.74) is -0.122. The van der Waals surface area contributed by atoms with E-state index in [4.69, 9.17) is 9.26 Å². The number of cyclic esters (lactones) is 1. The summed E-state index contributed by atoms with van der Waals surface area (Å²) in [7, 11) is 0. The first-order chi connectivity index (χ1) is 10.8. The Morgan fingerprint density at radius 1 is 1.22 bits per heavy atom. The van der Waals surface area contributed by atoms with Crippen molar-refractivity contribution in [2.75, 3.05) is 26.2 Å². The van der Waals surface area contributed by atoms with Crippen molar-refractivity contribution in [1.29, 1.82) is 0 Å². The van der Waals surface area contributed by atoms with E-state index in [-0.39, 0.29) is 23.5 Å². The second-order valence-electron chi connectivity index (χ2n) is 7.58. The average molecular weight is 322 g/mol. The molecule has 23 heavy (non-hydrogen) atoms. The average Bonchev–Trinajstić information content (AvgIpc) is 3.06. The first kappa shape index (κ1) is 16.4. The van der Waals surface area contributed by atoms with Crippen molar-refractivity contribution in [3.8, 4) is 0 Å². The summed E-state index contributed by atoms with van der Waals surface area (Å²) < 4.78 is 10.6. The molecule has 2 saturated heterocycles. The van der Waals surface area contributed by atoms with Gasteiger partial charge in [-0.25, -0.2) is 0 Å². The molecule has 2 aliphatic rings. The van der Waals surface area contributed by atoms with E-state index in [1.54, 1.807) is 0 Å². The Hall–Kier alpha value is -1.47. The molecular formula is C16H26N4O3. The molecule has 7 nitrogen and oxygen atoms in total. The largest absolute Gasteiger partial charge is 0.461 e. The van der Waals surface area contributed by atoms with Gasteiger partial charge in [-0.05, 0) is 6.92 Å². The third-order valence-corrected chi connectivity index (χ3v) is 4.47. The second-order valence-corrected chi connectivity index (χ2v) is 7.58. The van der Waals surface area contributed by atoms with Crippen molar-refractivity contribution in [3.63, 3.8) is 0 Å².